The van der Waals surface area contributed by atoms with Gasteiger partial charge in [0.25, 0.3) is 0 Å². The van der Waals surface area contributed by atoms with Gasteiger partial charge < -0.3 is 9.64 Å². The highest BCUT2D eigenvalue weighted by Crippen LogP contribution is 2.33. The number of carbonyl (C=O) groups is 1. The van der Waals surface area contributed by atoms with E-state index in [1.165, 1.54) is 44.1 Å². The van der Waals surface area contributed by atoms with Crippen LogP contribution in [0.5, 0.6) is 5.75 Å². The molecule has 1 saturated carbocycles. The number of amides is 1. The molecule has 3 heteroatoms. The molecule has 0 unspecified atom stereocenters. The largest absolute Gasteiger partial charge is 0.497 e. The lowest BCUT2D eigenvalue weighted by Crippen LogP contribution is -2.34. The minimum Gasteiger partial charge on any atom is -0.497 e. The minimum absolute atomic E-state index is 0.245. The first-order valence-corrected chi connectivity index (χ1v) is 9.71. The van der Waals surface area contributed by atoms with Gasteiger partial charge in [-0.2, -0.15) is 0 Å². The third-order valence-electron chi connectivity index (χ3n) is 5.81. The molecule has 0 bridgehead atoms. The van der Waals surface area contributed by atoms with Crippen LogP contribution >= 0.6 is 0 Å². The molecule has 0 aromatic heterocycles. The molecule has 1 atom stereocenters. The Kier molecular flexibility index (Phi) is 6.17. The van der Waals surface area contributed by atoms with Gasteiger partial charge in [0.15, 0.2) is 0 Å². The van der Waals surface area contributed by atoms with Gasteiger partial charge in [0.05, 0.1) is 13.2 Å². The van der Waals surface area contributed by atoms with Gasteiger partial charge in [0.1, 0.15) is 5.75 Å². The number of carbonyl (C=O) groups excluding carboxylic acids is 1. The van der Waals surface area contributed by atoms with Crippen LogP contribution in [0.4, 0.5) is 0 Å². The van der Waals surface area contributed by atoms with Gasteiger partial charge in [0, 0.05) is 13.0 Å². The number of hydrogen-bond acceptors (Lipinski definition) is 2. The molecule has 1 heterocycles. The van der Waals surface area contributed by atoms with E-state index in [1.807, 2.05) is 12.1 Å². The van der Waals surface area contributed by atoms with E-state index in [2.05, 4.69) is 17.0 Å². The van der Waals surface area contributed by atoms with Crippen molar-refractivity contribution < 1.29 is 9.53 Å². The molecule has 3 nitrogen and oxygen atoms in total. The number of rotatable bonds is 5. The van der Waals surface area contributed by atoms with Crippen molar-refractivity contribution in [3.05, 3.63) is 29.8 Å². The summed E-state index contributed by atoms with van der Waals surface area (Å²) in [5.41, 5.74) is 1.26. The summed E-state index contributed by atoms with van der Waals surface area (Å²) in [6.07, 6.45) is 11.9. The lowest BCUT2D eigenvalue weighted by molar-refractivity contribution is -0.134. The first-order chi connectivity index (χ1) is 11.8. The maximum absolute atomic E-state index is 12.9. The molecule has 1 aromatic rings. The number of methoxy groups -OCH3 is 1. The van der Waals surface area contributed by atoms with Crippen molar-refractivity contribution in [3.63, 3.8) is 0 Å². The second-order valence-electron chi connectivity index (χ2n) is 7.41. The Morgan fingerprint density at radius 2 is 1.75 bits per heavy atom. The highest BCUT2D eigenvalue weighted by Gasteiger charge is 2.27. The van der Waals surface area contributed by atoms with Crippen molar-refractivity contribution in [1.82, 2.24) is 4.90 Å². The average Bonchev–Trinajstić information content (AvgIpc) is 3.02. The van der Waals surface area contributed by atoms with Crippen LogP contribution < -0.4 is 4.74 Å². The number of likely N-dealkylation sites (tertiary alicyclic amines) is 1. The molecule has 0 spiro atoms. The molecule has 1 amide bonds. The molecule has 1 aliphatic heterocycles. The monoisotopic (exact) mass is 329 g/mol. The van der Waals surface area contributed by atoms with Crippen LogP contribution in [0.25, 0.3) is 0 Å². The molecule has 2 fully saturated rings. The summed E-state index contributed by atoms with van der Waals surface area (Å²) in [4.78, 5) is 15.1. The van der Waals surface area contributed by atoms with Crippen LogP contribution in [-0.4, -0.2) is 24.5 Å². The number of benzene rings is 1. The summed E-state index contributed by atoms with van der Waals surface area (Å²) >= 11 is 0. The molecule has 2 aliphatic rings. The van der Waals surface area contributed by atoms with E-state index >= 15 is 0 Å². The summed E-state index contributed by atoms with van der Waals surface area (Å²) in [5, 5.41) is 0. The SMILES string of the molecule is COc1ccc([C@H]2CCCCCN2C(=O)CCC2CCCC2)cc1. The van der Waals surface area contributed by atoms with Crippen LogP contribution in [0, 0.1) is 5.92 Å². The molecular formula is C21H31NO2. The fourth-order valence-corrected chi connectivity index (χ4v) is 4.35. The highest BCUT2D eigenvalue weighted by molar-refractivity contribution is 5.76. The summed E-state index contributed by atoms with van der Waals surface area (Å²) < 4.78 is 5.27. The van der Waals surface area contributed by atoms with Gasteiger partial charge in [-0.05, 0) is 42.9 Å². The quantitative estimate of drug-likeness (QED) is 0.751. The fraction of sp³-hybridized carbons (Fsp3) is 0.667. The lowest BCUT2D eigenvalue weighted by Gasteiger charge is -2.31. The average molecular weight is 329 g/mol. The third-order valence-corrected chi connectivity index (χ3v) is 5.81. The maximum atomic E-state index is 12.9. The Hall–Kier alpha value is -1.51. The second-order valence-corrected chi connectivity index (χ2v) is 7.41. The van der Waals surface area contributed by atoms with Crippen LogP contribution in [0.2, 0.25) is 0 Å². The molecule has 1 saturated heterocycles. The van der Waals surface area contributed by atoms with Crippen molar-refractivity contribution in [2.45, 2.75) is 70.3 Å². The van der Waals surface area contributed by atoms with Crippen LogP contribution in [0.1, 0.15) is 75.8 Å². The van der Waals surface area contributed by atoms with E-state index in [0.717, 1.165) is 43.9 Å². The van der Waals surface area contributed by atoms with Gasteiger partial charge in [-0.3, -0.25) is 4.79 Å². The first kappa shape index (κ1) is 17.3. The van der Waals surface area contributed by atoms with E-state index in [-0.39, 0.29) is 6.04 Å². The van der Waals surface area contributed by atoms with E-state index < -0.39 is 0 Å². The summed E-state index contributed by atoms with van der Waals surface area (Å²) in [6.45, 7) is 0.917. The zero-order chi connectivity index (χ0) is 16.8. The zero-order valence-electron chi connectivity index (χ0n) is 15.0. The Balaban J connectivity index is 1.67. The van der Waals surface area contributed by atoms with Gasteiger partial charge in [-0.15, -0.1) is 0 Å². The molecule has 0 radical (unpaired) electrons. The molecule has 0 N–H and O–H groups in total. The Morgan fingerprint density at radius 1 is 1.04 bits per heavy atom. The third kappa shape index (κ3) is 4.31. The molecule has 1 aliphatic carbocycles. The van der Waals surface area contributed by atoms with E-state index in [4.69, 9.17) is 4.74 Å². The van der Waals surface area contributed by atoms with Crippen molar-refractivity contribution in [3.8, 4) is 5.75 Å². The smallest absolute Gasteiger partial charge is 0.223 e. The number of ether oxygens (including phenoxy) is 1. The highest BCUT2D eigenvalue weighted by atomic mass is 16.5. The van der Waals surface area contributed by atoms with Crippen LogP contribution in [0.15, 0.2) is 24.3 Å². The van der Waals surface area contributed by atoms with E-state index in [9.17, 15) is 4.79 Å². The van der Waals surface area contributed by atoms with E-state index in [0.29, 0.717) is 5.91 Å². The summed E-state index contributed by atoms with van der Waals surface area (Å²) in [5.74, 6) is 2.04. The van der Waals surface area contributed by atoms with Crippen molar-refractivity contribution in [2.75, 3.05) is 13.7 Å². The van der Waals surface area contributed by atoms with Gasteiger partial charge in [-0.25, -0.2) is 0 Å². The standard InChI is InChI=1S/C21H31NO2/c1-24-19-13-11-18(12-14-19)20-9-3-2-6-16-22(20)21(23)15-10-17-7-4-5-8-17/h11-14,17,20H,2-10,15-16H2,1H3/t20-/m1/s1. The number of hydrogen-bond donors (Lipinski definition) is 0. The van der Waals surface area contributed by atoms with Crippen molar-refractivity contribution in [2.24, 2.45) is 5.92 Å². The van der Waals surface area contributed by atoms with Gasteiger partial charge >= 0.3 is 0 Å². The van der Waals surface area contributed by atoms with E-state index in [1.54, 1.807) is 7.11 Å². The van der Waals surface area contributed by atoms with Crippen molar-refractivity contribution >= 4 is 5.91 Å². The molecule has 132 valence electrons. The number of nitrogens with zero attached hydrogens (tertiary/aromatic N) is 1. The first-order valence-electron chi connectivity index (χ1n) is 9.71. The Bertz CT molecular complexity index is 519. The van der Waals surface area contributed by atoms with Gasteiger partial charge in [0.2, 0.25) is 5.91 Å². The summed E-state index contributed by atoms with van der Waals surface area (Å²) in [7, 11) is 1.69. The normalized spacial score (nSPS) is 22.4. The fourth-order valence-electron chi connectivity index (χ4n) is 4.35. The Morgan fingerprint density at radius 3 is 2.46 bits per heavy atom. The molecule has 24 heavy (non-hydrogen) atoms. The van der Waals surface area contributed by atoms with Crippen LogP contribution in [-0.2, 0) is 4.79 Å². The van der Waals surface area contributed by atoms with Crippen molar-refractivity contribution in [1.29, 1.82) is 0 Å². The van der Waals surface area contributed by atoms with Crippen LogP contribution in [0.3, 0.4) is 0 Å². The molecular weight excluding hydrogens is 298 g/mol. The minimum atomic E-state index is 0.245. The van der Waals surface area contributed by atoms with Gasteiger partial charge in [-0.1, -0.05) is 50.7 Å². The molecule has 3 rings (SSSR count). The predicted molar refractivity (Wildman–Crippen MR) is 97.1 cm³/mol. The maximum Gasteiger partial charge on any atom is 0.223 e. The molecule has 1 aromatic carbocycles. The Labute approximate surface area is 146 Å². The topological polar surface area (TPSA) is 29.5 Å². The second kappa shape index (κ2) is 8.55. The zero-order valence-corrected chi connectivity index (χ0v) is 15.0. The lowest BCUT2D eigenvalue weighted by atomic mass is 9.98. The summed E-state index contributed by atoms with van der Waals surface area (Å²) in [6, 6.07) is 8.54. The predicted octanol–water partition coefficient (Wildman–Crippen LogP) is 5.11.